The van der Waals surface area contributed by atoms with Crippen molar-refractivity contribution in [3.63, 3.8) is 0 Å². The van der Waals surface area contributed by atoms with Gasteiger partial charge in [-0.2, -0.15) is 4.57 Å². The summed E-state index contributed by atoms with van der Waals surface area (Å²) in [6, 6.07) is 3.57. The number of rotatable bonds is 0. The first-order valence-corrected chi connectivity index (χ1v) is 4.96. The van der Waals surface area contributed by atoms with E-state index in [0.29, 0.717) is 17.2 Å². The first kappa shape index (κ1) is 6.38. The van der Waals surface area contributed by atoms with Gasteiger partial charge in [0.2, 0.25) is 5.75 Å². The van der Waals surface area contributed by atoms with Crippen LogP contribution in [0.2, 0.25) is 0 Å². The molecule has 2 bridgehead atoms. The van der Waals surface area contributed by atoms with Crippen LogP contribution in [0.3, 0.4) is 0 Å². The van der Waals surface area contributed by atoms with Gasteiger partial charge in [0.05, 0.1) is 0 Å². The minimum Gasteiger partial charge on any atom is -0.382 e. The van der Waals surface area contributed by atoms with E-state index >= 15 is 0 Å². The quantitative estimate of drug-likeness (QED) is 0.580. The molecule has 12 heavy (non-hydrogen) atoms. The van der Waals surface area contributed by atoms with Crippen LogP contribution in [0.4, 0.5) is 0 Å². The summed E-state index contributed by atoms with van der Waals surface area (Å²) in [5, 5.41) is 0. The molecule has 0 aliphatic carbocycles. The number of fused-ring (bicyclic) bond motifs is 1. The first-order valence-electron chi connectivity index (χ1n) is 3.50. The summed E-state index contributed by atoms with van der Waals surface area (Å²) in [5.41, 5.74) is 0.912. The van der Waals surface area contributed by atoms with Crippen molar-refractivity contribution in [2.45, 2.75) is 6.92 Å². The molecule has 0 amide bonds. The van der Waals surface area contributed by atoms with Crippen LogP contribution in [0.25, 0.3) is 0 Å². The molecule has 4 nitrogen and oxygen atoms in total. The fraction of sp³-hybridized carbons (Fsp3) is 0.143. The molecule has 0 spiro atoms. The fourth-order valence-corrected chi connectivity index (χ4v) is 2.66. The predicted molar refractivity (Wildman–Crippen MR) is 40.7 cm³/mol. The van der Waals surface area contributed by atoms with Gasteiger partial charge in [-0.1, -0.05) is 6.07 Å². The number of phosphoric ester groups is 1. The second kappa shape index (κ2) is 1.62. The highest BCUT2D eigenvalue weighted by Crippen LogP contribution is 2.69. The molecule has 1 atom stereocenters. The van der Waals surface area contributed by atoms with E-state index in [1.165, 1.54) is 0 Å². The summed E-state index contributed by atoms with van der Waals surface area (Å²) in [6.07, 6.45) is 0. The Hall–Kier alpha value is -1.15. The highest BCUT2D eigenvalue weighted by Gasteiger charge is 2.50. The lowest BCUT2D eigenvalue weighted by atomic mass is 10.2. The third-order valence-electron chi connectivity index (χ3n) is 1.89. The lowest BCUT2D eigenvalue weighted by Gasteiger charge is -2.10. The van der Waals surface area contributed by atoms with Gasteiger partial charge in [-0.3, -0.25) is 0 Å². The molecule has 1 aromatic carbocycles. The van der Waals surface area contributed by atoms with Crippen LogP contribution in [0, 0.1) is 6.92 Å². The third-order valence-corrected chi connectivity index (χ3v) is 3.12. The standard InChI is InChI=1S/C7H5O4P/c1-4-2-3-5-7-6(4)10-12(8,9-5)11-7/h2-3H,1H3. The van der Waals surface area contributed by atoms with Gasteiger partial charge >= 0.3 is 7.82 Å². The van der Waals surface area contributed by atoms with Crippen molar-refractivity contribution in [3.05, 3.63) is 17.7 Å². The molecular formula is C7H5O4P. The van der Waals surface area contributed by atoms with E-state index < -0.39 is 7.82 Å². The molecule has 62 valence electrons. The van der Waals surface area contributed by atoms with Crippen LogP contribution in [0.1, 0.15) is 5.56 Å². The van der Waals surface area contributed by atoms with Crippen LogP contribution in [0.5, 0.6) is 17.2 Å². The number of benzene rings is 1. The van der Waals surface area contributed by atoms with Crippen molar-refractivity contribution in [2.24, 2.45) is 0 Å². The second-order valence-electron chi connectivity index (χ2n) is 2.76. The Morgan fingerprint density at radius 1 is 1.17 bits per heavy atom. The highest BCUT2D eigenvalue weighted by molar-refractivity contribution is 7.50. The molecule has 0 N–H and O–H groups in total. The van der Waals surface area contributed by atoms with E-state index in [0.717, 1.165) is 5.56 Å². The minimum absolute atomic E-state index is 0.485. The van der Waals surface area contributed by atoms with Crippen molar-refractivity contribution in [1.29, 1.82) is 0 Å². The van der Waals surface area contributed by atoms with Crippen molar-refractivity contribution in [3.8, 4) is 17.2 Å². The number of hydrogen-bond acceptors (Lipinski definition) is 4. The Balaban J connectivity index is 2.40. The largest absolute Gasteiger partial charge is 0.647 e. The van der Waals surface area contributed by atoms with Gasteiger partial charge in [-0.15, -0.1) is 0 Å². The van der Waals surface area contributed by atoms with Crippen LogP contribution in [-0.2, 0) is 4.57 Å². The van der Waals surface area contributed by atoms with Crippen LogP contribution < -0.4 is 13.6 Å². The molecule has 2 aliphatic rings. The number of aryl methyl sites for hydroxylation is 1. The van der Waals surface area contributed by atoms with Crippen molar-refractivity contribution >= 4 is 7.82 Å². The molecule has 0 radical (unpaired) electrons. The Labute approximate surface area is 68.7 Å². The lowest BCUT2D eigenvalue weighted by Crippen LogP contribution is -1.98. The number of hydrogen-bond donors (Lipinski definition) is 0. The van der Waals surface area contributed by atoms with E-state index in [1.807, 2.05) is 13.0 Å². The van der Waals surface area contributed by atoms with E-state index in [4.69, 9.17) is 13.6 Å². The second-order valence-corrected chi connectivity index (χ2v) is 4.20. The Kier molecular flexibility index (Phi) is 0.858. The van der Waals surface area contributed by atoms with Crippen molar-refractivity contribution < 1.29 is 18.1 Å². The molecule has 5 heteroatoms. The normalized spacial score (nSPS) is 27.8. The average molecular weight is 184 g/mol. The molecule has 1 unspecified atom stereocenters. The maximum atomic E-state index is 11.4. The van der Waals surface area contributed by atoms with E-state index in [-0.39, 0.29) is 0 Å². The molecular weight excluding hydrogens is 179 g/mol. The molecule has 0 saturated heterocycles. The summed E-state index contributed by atoms with van der Waals surface area (Å²) in [7, 11) is -3.27. The monoisotopic (exact) mass is 184 g/mol. The molecule has 0 saturated carbocycles. The van der Waals surface area contributed by atoms with Crippen LogP contribution in [0.15, 0.2) is 12.1 Å². The van der Waals surface area contributed by atoms with Gasteiger partial charge in [-0.25, -0.2) is 0 Å². The van der Waals surface area contributed by atoms with E-state index in [2.05, 4.69) is 0 Å². The Bertz CT molecular complexity index is 426. The summed E-state index contributed by atoms with van der Waals surface area (Å²) < 4.78 is 26.3. The van der Waals surface area contributed by atoms with Gasteiger partial charge in [0, 0.05) is 0 Å². The SMILES string of the molecule is Cc1ccc2c3c1OP(=O)(O2)O3. The molecule has 0 aromatic heterocycles. The first-order chi connectivity index (χ1) is 5.68. The topological polar surface area (TPSA) is 44.8 Å². The summed E-state index contributed by atoms with van der Waals surface area (Å²) in [5.74, 6) is 1.56. The summed E-state index contributed by atoms with van der Waals surface area (Å²) >= 11 is 0. The predicted octanol–water partition coefficient (Wildman–Crippen LogP) is 2.27. The van der Waals surface area contributed by atoms with Gasteiger partial charge in [0.25, 0.3) is 0 Å². The highest BCUT2D eigenvalue weighted by atomic mass is 31.2. The zero-order valence-corrected chi connectivity index (χ0v) is 7.13. The zero-order chi connectivity index (χ0) is 8.34. The zero-order valence-electron chi connectivity index (χ0n) is 6.23. The molecule has 0 fully saturated rings. The summed E-state index contributed by atoms with van der Waals surface area (Å²) in [4.78, 5) is 0. The average Bonchev–Trinajstić information content (AvgIpc) is 2.49. The van der Waals surface area contributed by atoms with Gasteiger partial charge in [0.15, 0.2) is 11.5 Å². The Morgan fingerprint density at radius 2 is 1.92 bits per heavy atom. The maximum Gasteiger partial charge on any atom is 0.647 e. The van der Waals surface area contributed by atoms with E-state index in [1.54, 1.807) is 6.07 Å². The lowest BCUT2D eigenvalue weighted by molar-refractivity contribution is 0.353. The van der Waals surface area contributed by atoms with Crippen LogP contribution in [-0.4, -0.2) is 0 Å². The van der Waals surface area contributed by atoms with Crippen molar-refractivity contribution in [1.82, 2.24) is 0 Å². The van der Waals surface area contributed by atoms with Gasteiger partial charge in [0.1, 0.15) is 0 Å². The Morgan fingerprint density at radius 3 is 2.58 bits per heavy atom. The smallest absolute Gasteiger partial charge is 0.382 e. The van der Waals surface area contributed by atoms with Crippen LogP contribution >= 0.6 is 7.82 Å². The van der Waals surface area contributed by atoms with Crippen molar-refractivity contribution in [2.75, 3.05) is 0 Å². The van der Waals surface area contributed by atoms with E-state index in [9.17, 15) is 4.57 Å². The fourth-order valence-electron chi connectivity index (χ4n) is 1.31. The molecule has 3 rings (SSSR count). The molecule has 1 aromatic rings. The maximum absolute atomic E-state index is 11.4. The summed E-state index contributed by atoms with van der Waals surface area (Å²) in [6.45, 7) is 1.87. The molecule has 2 heterocycles. The minimum atomic E-state index is -3.27. The third kappa shape index (κ3) is 0.573. The van der Waals surface area contributed by atoms with Gasteiger partial charge in [-0.05, 0) is 18.6 Å². The molecule has 2 aliphatic heterocycles. The van der Waals surface area contributed by atoms with Gasteiger partial charge < -0.3 is 13.6 Å². The number of phosphoric acid groups is 1.